The lowest BCUT2D eigenvalue weighted by Gasteiger charge is -2.31. The zero-order valence-corrected chi connectivity index (χ0v) is 18.1. The van der Waals surface area contributed by atoms with Crippen LogP contribution >= 0.6 is 12.4 Å². The van der Waals surface area contributed by atoms with Gasteiger partial charge in [-0.3, -0.25) is 19.9 Å². The molecular weight excluding hydrogens is 392 g/mol. The van der Waals surface area contributed by atoms with Crippen molar-refractivity contribution in [3.8, 4) is 0 Å². The van der Waals surface area contributed by atoms with Crippen molar-refractivity contribution in [3.05, 3.63) is 29.8 Å². The molecule has 2 saturated heterocycles. The normalized spacial score (nSPS) is 18.7. The van der Waals surface area contributed by atoms with Crippen LogP contribution in [-0.2, 0) is 4.74 Å². The fraction of sp³-hybridized carbons (Fsp3) is 0.619. The number of piperidine rings is 1. The summed E-state index contributed by atoms with van der Waals surface area (Å²) in [6.45, 7) is 7.64. The van der Waals surface area contributed by atoms with Crippen molar-refractivity contribution in [1.82, 2.24) is 14.7 Å². The third-order valence-electron chi connectivity index (χ3n) is 5.51. The Kier molecular flexibility index (Phi) is 9.87. The van der Waals surface area contributed by atoms with Gasteiger partial charge in [0.2, 0.25) is 0 Å². The number of piperazine rings is 1. The second kappa shape index (κ2) is 12.1. The molecule has 0 atom stereocenters. The molecule has 0 aromatic heterocycles. The number of nitrogens with zero attached hydrogens (tertiary/aromatic N) is 3. The summed E-state index contributed by atoms with van der Waals surface area (Å²) in [6.07, 6.45) is 3.30. The molecule has 0 unspecified atom stereocenters. The maximum atomic E-state index is 12.4. The van der Waals surface area contributed by atoms with Crippen LogP contribution in [0.3, 0.4) is 0 Å². The van der Waals surface area contributed by atoms with Crippen LogP contribution in [0.2, 0.25) is 0 Å². The number of likely N-dealkylation sites (tertiary alicyclic amines) is 1. The molecule has 2 fully saturated rings. The lowest BCUT2D eigenvalue weighted by Crippen LogP contribution is -2.46. The summed E-state index contributed by atoms with van der Waals surface area (Å²) < 4.78 is 5.27. The minimum atomic E-state index is -0.450. The van der Waals surface area contributed by atoms with Gasteiger partial charge < -0.3 is 9.64 Å². The van der Waals surface area contributed by atoms with Crippen molar-refractivity contribution in [2.24, 2.45) is 0 Å². The van der Waals surface area contributed by atoms with E-state index >= 15 is 0 Å². The van der Waals surface area contributed by atoms with Gasteiger partial charge in [0.05, 0.1) is 6.54 Å². The summed E-state index contributed by atoms with van der Waals surface area (Å²) in [7, 11) is 2.10. The van der Waals surface area contributed by atoms with Gasteiger partial charge in [-0.2, -0.15) is 0 Å². The van der Waals surface area contributed by atoms with Gasteiger partial charge in [-0.25, -0.2) is 4.79 Å². The predicted octanol–water partition coefficient (Wildman–Crippen LogP) is 2.57. The standard InChI is InChI=1S/C21H32N4O3.ClH/c1-23-11-13-25(14-12-23)17-20(26)18-5-7-19(8-6-18)22-21(27)28-16-15-24-9-3-2-4-10-24;/h5-8H,2-4,9-17H2,1H3,(H,22,27);1H. The number of carbonyl (C=O) groups excluding carboxylic acids is 2. The molecule has 0 bridgehead atoms. The van der Waals surface area contributed by atoms with Crippen molar-refractivity contribution < 1.29 is 14.3 Å². The second-order valence-corrected chi connectivity index (χ2v) is 7.74. The van der Waals surface area contributed by atoms with Crippen molar-refractivity contribution >= 4 is 30.0 Å². The van der Waals surface area contributed by atoms with Crippen LogP contribution in [0.25, 0.3) is 0 Å². The summed E-state index contributed by atoms with van der Waals surface area (Å²) >= 11 is 0. The monoisotopic (exact) mass is 424 g/mol. The number of Topliss-reactive ketones (excluding diaryl/α,β-unsaturated/α-hetero) is 1. The average molecular weight is 425 g/mol. The molecule has 162 valence electrons. The maximum absolute atomic E-state index is 12.4. The van der Waals surface area contributed by atoms with Crippen LogP contribution in [0.15, 0.2) is 24.3 Å². The van der Waals surface area contributed by atoms with Gasteiger partial charge in [-0.1, -0.05) is 6.42 Å². The zero-order chi connectivity index (χ0) is 19.8. The number of ketones is 1. The molecule has 0 saturated carbocycles. The molecular formula is C21H33ClN4O3. The van der Waals surface area contributed by atoms with Crippen LogP contribution in [0.1, 0.15) is 29.6 Å². The van der Waals surface area contributed by atoms with Crippen LogP contribution in [0.5, 0.6) is 0 Å². The van der Waals surface area contributed by atoms with E-state index in [-0.39, 0.29) is 18.2 Å². The van der Waals surface area contributed by atoms with E-state index in [9.17, 15) is 9.59 Å². The van der Waals surface area contributed by atoms with Gasteiger partial charge >= 0.3 is 6.09 Å². The molecule has 7 nitrogen and oxygen atoms in total. The third kappa shape index (κ3) is 7.93. The van der Waals surface area contributed by atoms with Gasteiger partial charge in [0.15, 0.2) is 5.78 Å². The third-order valence-corrected chi connectivity index (χ3v) is 5.51. The van der Waals surface area contributed by atoms with Gasteiger partial charge in [0.25, 0.3) is 0 Å². The Morgan fingerprint density at radius 3 is 2.24 bits per heavy atom. The number of hydrogen-bond acceptors (Lipinski definition) is 6. The maximum Gasteiger partial charge on any atom is 0.411 e. The number of anilines is 1. The van der Waals surface area contributed by atoms with Gasteiger partial charge in [-0.15, -0.1) is 12.4 Å². The highest BCUT2D eigenvalue weighted by Gasteiger charge is 2.17. The summed E-state index contributed by atoms with van der Waals surface area (Å²) in [4.78, 5) is 31.2. The van der Waals surface area contributed by atoms with E-state index in [2.05, 4.69) is 27.1 Å². The predicted molar refractivity (Wildman–Crippen MR) is 117 cm³/mol. The quantitative estimate of drug-likeness (QED) is 0.678. The van der Waals surface area contributed by atoms with E-state index in [1.54, 1.807) is 24.3 Å². The molecule has 1 aromatic rings. The Hall–Kier alpha value is -1.67. The smallest absolute Gasteiger partial charge is 0.411 e. The number of carbonyl (C=O) groups is 2. The second-order valence-electron chi connectivity index (χ2n) is 7.74. The molecule has 0 radical (unpaired) electrons. The lowest BCUT2D eigenvalue weighted by atomic mass is 10.1. The lowest BCUT2D eigenvalue weighted by molar-refractivity contribution is 0.0876. The largest absolute Gasteiger partial charge is 0.448 e. The molecule has 0 spiro atoms. The van der Waals surface area contributed by atoms with Crippen LogP contribution in [0.4, 0.5) is 10.5 Å². The summed E-state index contributed by atoms with van der Waals surface area (Å²) in [5.41, 5.74) is 1.31. The highest BCUT2D eigenvalue weighted by Crippen LogP contribution is 2.12. The van der Waals surface area contributed by atoms with Crippen LogP contribution < -0.4 is 5.32 Å². The fourth-order valence-electron chi connectivity index (χ4n) is 3.64. The Balaban J connectivity index is 0.00000300. The molecule has 1 aromatic carbocycles. The first-order chi connectivity index (χ1) is 13.6. The minimum Gasteiger partial charge on any atom is -0.448 e. The number of nitrogens with one attached hydrogen (secondary N) is 1. The van der Waals surface area contributed by atoms with Crippen molar-refractivity contribution in [2.75, 3.05) is 71.3 Å². The molecule has 0 aliphatic carbocycles. The van der Waals surface area contributed by atoms with Crippen LogP contribution in [-0.4, -0.2) is 92.6 Å². The van der Waals surface area contributed by atoms with E-state index in [0.717, 1.165) is 45.8 Å². The number of benzene rings is 1. The van der Waals surface area contributed by atoms with Crippen molar-refractivity contribution in [1.29, 1.82) is 0 Å². The van der Waals surface area contributed by atoms with Crippen molar-refractivity contribution in [2.45, 2.75) is 19.3 Å². The molecule has 1 N–H and O–H groups in total. The number of halogens is 1. The van der Waals surface area contributed by atoms with E-state index in [0.29, 0.717) is 24.4 Å². The van der Waals surface area contributed by atoms with E-state index in [1.165, 1.54) is 19.3 Å². The zero-order valence-electron chi connectivity index (χ0n) is 17.3. The number of hydrogen-bond donors (Lipinski definition) is 1. The fourth-order valence-corrected chi connectivity index (χ4v) is 3.64. The van der Waals surface area contributed by atoms with E-state index < -0.39 is 6.09 Å². The minimum absolute atomic E-state index is 0. The average Bonchev–Trinajstić information content (AvgIpc) is 2.71. The Bertz CT molecular complexity index is 642. The Labute approximate surface area is 179 Å². The molecule has 3 rings (SSSR count). The Morgan fingerprint density at radius 1 is 0.931 bits per heavy atom. The molecule has 29 heavy (non-hydrogen) atoms. The number of likely N-dealkylation sites (N-methyl/N-ethyl adjacent to an activating group) is 1. The molecule has 2 aliphatic rings. The first kappa shape index (κ1) is 23.6. The first-order valence-electron chi connectivity index (χ1n) is 10.3. The summed E-state index contributed by atoms with van der Waals surface area (Å²) in [5.74, 6) is 0.111. The van der Waals surface area contributed by atoms with Crippen LogP contribution in [0, 0.1) is 0 Å². The molecule has 2 aliphatic heterocycles. The number of amides is 1. The summed E-state index contributed by atoms with van der Waals surface area (Å²) in [6, 6.07) is 7.04. The highest BCUT2D eigenvalue weighted by atomic mass is 35.5. The van der Waals surface area contributed by atoms with Gasteiger partial charge in [0, 0.05) is 44.0 Å². The van der Waals surface area contributed by atoms with Gasteiger partial charge in [-0.05, 0) is 57.2 Å². The molecule has 2 heterocycles. The highest BCUT2D eigenvalue weighted by molar-refractivity contribution is 5.98. The van der Waals surface area contributed by atoms with Gasteiger partial charge in [0.1, 0.15) is 6.61 Å². The number of ether oxygens (including phenoxy) is 1. The first-order valence-corrected chi connectivity index (χ1v) is 10.3. The molecule has 8 heteroatoms. The SMILES string of the molecule is CN1CCN(CC(=O)c2ccc(NC(=O)OCCN3CCCCC3)cc2)CC1.Cl. The van der Waals surface area contributed by atoms with E-state index in [4.69, 9.17) is 4.74 Å². The van der Waals surface area contributed by atoms with E-state index in [1.807, 2.05) is 0 Å². The Morgan fingerprint density at radius 2 is 1.59 bits per heavy atom. The number of rotatable bonds is 7. The molecule has 1 amide bonds. The topological polar surface area (TPSA) is 65.1 Å². The van der Waals surface area contributed by atoms with Crippen molar-refractivity contribution in [3.63, 3.8) is 0 Å². The summed E-state index contributed by atoms with van der Waals surface area (Å²) in [5, 5.41) is 2.73.